The molecule has 0 amide bonds. The van der Waals surface area contributed by atoms with Crippen molar-refractivity contribution in [2.45, 2.75) is 39.8 Å². The molecule has 3 aromatic rings. The highest BCUT2D eigenvalue weighted by Crippen LogP contribution is 2.20. The second-order valence-corrected chi connectivity index (χ2v) is 7.61. The fraction of sp³-hybridized carbons (Fsp3) is 0.364. The van der Waals surface area contributed by atoms with Crippen LogP contribution >= 0.6 is 0 Å². The van der Waals surface area contributed by atoms with E-state index >= 15 is 0 Å². The van der Waals surface area contributed by atoms with Gasteiger partial charge in [-0.25, -0.2) is 15.0 Å². The first-order valence-corrected chi connectivity index (χ1v) is 9.58. The Kier molecular flexibility index (Phi) is 6.31. The van der Waals surface area contributed by atoms with Crippen LogP contribution in [0.3, 0.4) is 0 Å². The Balaban J connectivity index is 1.73. The van der Waals surface area contributed by atoms with E-state index in [4.69, 9.17) is 0 Å². The first-order valence-electron chi connectivity index (χ1n) is 9.58. The number of hydrogen-bond acceptors (Lipinski definition) is 5. The van der Waals surface area contributed by atoms with E-state index in [1.54, 1.807) is 18.6 Å². The predicted molar refractivity (Wildman–Crippen MR) is 111 cm³/mol. The summed E-state index contributed by atoms with van der Waals surface area (Å²) in [7, 11) is 2.08. The monoisotopic (exact) mass is 377 g/mol. The third kappa shape index (κ3) is 5.10. The Morgan fingerprint density at radius 2 is 1.86 bits per heavy atom. The number of aromatic nitrogens is 4. The van der Waals surface area contributed by atoms with Crippen molar-refractivity contribution < 1.29 is 0 Å². The fourth-order valence-corrected chi connectivity index (χ4v) is 3.13. The van der Waals surface area contributed by atoms with Crippen molar-refractivity contribution in [1.82, 2.24) is 24.8 Å². The zero-order chi connectivity index (χ0) is 20.1. The lowest BCUT2D eigenvalue weighted by Gasteiger charge is -2.24. The van der Waals surface area contributed by atoms with Gasteiger partial charge in [0.25, 0.3) is 5.56 Å². The number of hydrogen-bond donors (Lipinski definition) is 1. The van der Waals surface area contributed by atoms with Crippen LogP contribution in [-0.4, -0.2) is 31.9 Å². The first kappa shape index (κ1) is 19.9. The molecule has 0 saturated carbocycles. The summed E-state index contributed by atoms with van der Waals surface area (Å²) in [5, 5.41) is 0. The van der Waals surface area contributed by atoms with Crippen LogP contribution in [0.25, 0.3) is 11.4 Å². The lowest BCUT2D eigenvalue weighted by Crippen LogP contribution is -2.22. The van der Waals surface area contributed by atoms with Gasteiger partial charge < -0.3 is 4.98 Å². The second kappa shape index (κ2) is 8.89. The number of rotatable bonds is 7. The molecule has 0 bridgehead atoms. The van der Waals surface area contributed by atoms with E-state index < -0.39 is 0 Å². The predicted octanol–water partition coefficient (Wildman–Crippen LogP) is 3.62. The van der Waals surface area contributed by atoms with Crippen molar-refractivity contribution in [2.24, 2.45) is 5.92 Å². The lowest BCUT2D eigenvalue weighted by atomic mass is 10.1. The molecule has 0 spiro atoms. The molecule has 1 atom stereocenters. The first-order chi connectivity index (χ1) is 13.4. The smallest absolute Gasteiger partial charge is 0.251 e. The Morgan fingerprint density at radius 1 is 1.11 bits per heavy atom. The minimum atomic E-state index is -0.108. The van der Waals surface area contributed by atoms with E-state index in [0.717, 1.165) is 29.9 Å². The highest BCUT2D eigenvalue weighted by Gasteiger charge is 2.13. The largest absolute Gasteiger partial charge is 0.307 e. The van der Waals surface area contributed by atoms with E-state index in [-0.39, 0.29) is 11.6 Å². The Morgan fingerprint density at radius 3 is 2.50 bits per heavy atom. The average Bonchev–Trinajstić information content (AvgIpc) is 2.67. The van der Waals surface area contributed by atoms with E-state index in [1.807, 2.05) is 18.2 Å². The Labute approximate surface area is 165 Å². The van der Waals surface area contributed by atoms with Crippen LogP contribution in [-0.2, 0) is 13.0 Å². The molecule has 2 heterocycles. The van der Waals surface area contributed by atoms with Crippen molar-refractivity contribution in [1.29, 1.82) is 0 Å². The summed E-state index contributed by atoms with van der Waals surface area (Å²) in [6.07, 6.45) is 4.14. The molecule has 146 valence electrons. The molecule has 0 aliphatic heterocycles. The highest BCUT2D eigenvalue weighted by molar-refractivity contribution is 5.55. The number of H-pyrrole nitrogens is 1. The summed E-state index contributed by atoms with van der Waals surface area (Å²) in [5.41, 5.74) is 3.82. The fourth-order valence-electron chi connectivity index (χ4n) is 3.13. The van der Waals surface area contributed by atoms with Gasteiger partial charge in [0.1, 0.15) is 12.2 Å². The van der Waals surface area contributed by atoms with E-state index in [2.05, 4.69) is 64.8 Å². The van der Waals surface area contributed by atoms with Gasteiger partial charge in [-0.05, 0) is 37.9 Å². The van der Waals surface area contributed by atoms with Gasteiger partial charge in [0.05, 0.1) is 5.69 Å². The molecule has 1 N–H and O–H groups in total. The summed E-state index contributed by atoms with van der Waals surface area (Å²) in [6, 6.07) is 11.9. The maximum atomic E-state index is 12.0. The standard InChI is InChI=1S/C22H27N5O/c1-15(2)11-19-12-21(28)26-22(25-19)18-7-5-17(6-8-18)13-27(4)16(3)20-9-10-23-14-24-20/h5-10,12,14-16H,11,13H2,1-4H3,(H,25,26,28)/t16-/m1/s1. The number of nitrogens with one attached hydrogen (secondary N) is 1. The van der Waals surface area contributed by atoms with E-state index in [0.29, 0.717) is 11.7 Å². The molecule has 0 unspecified atom stereocenters. The van der Waals surface area contributed by atoms with Gasteiger partial charge in [-0.2, -0.15) is 0 Å². The van der Waals surface area contributed by atoms with Gasteiger partial charge in [0, 0.05) is 36.1 Å². The summed E-state index contributed by atoms with van der Waals surface area (Å²) in [4.78, 5) is 30.0. The minimum absolute atomic E-state index is 0.108. The highest BCUT2D eigenvalue weighted by atomic mass is 16.1. The molecule has 3 rings (SSSR count). The normalized spacial score (nSPS) is 12.5. The van der Waals surface area contributed by atoms with E-state index in [1.165, 1.54) is 5.56 Å². The maximum Gasteiger partial charge on any atom is 0.251 e. The molecule has 0 aliphatic carbocycles. The van der Waals surface area contributed by atoms with Crippen molar-refractivity contribution >= 4 is 0 Å². The molecular formula is C22H27N5O. The molecule has 1 aromatic carbocycles. The topological polar surface area (TPSA) is 74.8 Å². The molecule has 28 heavy (non-hydrogen) atoms. The van der Waals surface area contributed by atoms with Crippen LogP contribution in [0.5, 0.6) is 0 Å². The molecule has 0 aliphatic rings. The van der Waals surface area contributed by atoms with Crippen LogP contribution in [0.1, 0.15) is 43.8 Å². The Bertz CT molecular complexity index is 951. The van der Waals surface area contributed by atoms with Gasteiger partial charge >= 0.3 is 0 Å². The van der Waals surface area contributed by atoms with Crippen molar-refractivity contribution in [3.63, 3.8) is 0 Å². The lowest BCUT2D eigenvalue weighted by molar-refractivity contribution is 0.248. The van der Waals surface area contributed by atoms with E-state index in [9.17, 15) is 4.79 Å². The number of nitrogens with zero attached hydrogens (tertiary/aromatic N) is 4. The molecule has 0 radical (unpaired) electrons. The van der Waals surface area contributed by atoms with Crippen molar-refractivity contribution in [3.05, 3.63) is 76.2 Å². The molecular weight excluding hydrogens is 350 g/mol. The van der Waals surface area contributed by atoms with Crippen LogP contribution in [0.15, 0.2) is 53.7 Å². The zero-order valence-corrected chi connectivity index (χ0v) is 16.9. The summed E-state index contributed by atoms with van der Waals surface area (Å²) < 4.78 is 0. The second-order valence-electron chi connectivity index (χ2n) is 7.61. The van der Waals surface area contributed by atoms with Crippen LogP contribution in [0.2, 0.25) is 0 Å². The van der Waals surface area contributed by atoms with Gasteiger partial charge in [-0.15, -0.1) is 0 Å². The van der Waals surface area contributed by atoms with Gasteiger partial charge in [-0.3, -0.25) is 9.69 Å². The summed E-state index contributed by atoms with van der Waals surface area (Å²) >= 11 is 0. The quantitative estimate of drug-likeness (QED) is 0.681. The summed E-state index contributed by atoms with van der Waals surface area (Å²) in [6.45, 7) is 7.17. The van der Waals surface area contributed by atoms with Crippen molar-refractivity contribution in [3.8, 4) is 11.4 Å². The van der Waals surface area contributed by atoms with Gasteiger partial charge in [0.15, 0.2) is 0 Å². The molecule has 6 heteroatoms. The zero-order valence-electron chi connectivity index (χ0n) is 16.9. The van der Waals surface area contributed by atoms with Gasteiger partial charge in [-0.1, -0.05) is 38.1 Å². The molecule has 2 aromatic heterocycles. The Hall–Kier alpha value is -2.86. The SMILES string of the molecule is CC(C)Cc1cc(=O)[nH]c(-c2ccc(CN(C)[C@H](C)c3ccncn3)cc2)n1. The minimum Gasteiger partial charge on any atom is -0.307 e. The van der Waals surface area contributed by atoms with Gasteiger partial charge in [0.2, 0.25) is 0 Å². The average molecular weight is 377 g/mol. The van der Waals surface area contributed by atoms with Crippen LogP contribution in [0, 0.1) is 5.92 Å². The third-order valence-corrected chi connectivity index (χ3v) is 4.77. The number of aromatic amines is 1. The maximum absolute atomic E-state index is 12.0. The van der Waals surface area contributed by atoms with Crippen LogP contribution < -0.4 is 5.56 Å². The molecule has 0 saturated heterocycles. The third-order valence-electron chi connectivity index (χ3n) is 4.77. The molecule has 6 nitrogen and oxygen atoms in total. The van der Waals surface area contributed by atoms with Crippen molar-refractivity contribution in [2.75, 3.05) is 7.05 Å². The summed E-state index contributed by atoms with van der Waals surface area (Å²) in [5.74, 6) is 1.08. The number of benzene rings is 1. The van der Waals surface area contributed by atoms with Crippen LogP contribution in [0.4, 0.5) is 0 Å². The molecule has 0 fully saturated rings.